The van der Waals surface area contributed by atoms with Gasteiger partial charge in [-0.05, 0) is 18.6 Å². The molecule has 228 valence electrons. The topological polar surface area (TPSA) is 108 Å². The van der Waals surface area contributed by atoms with Gasteiger partial charge in [-0.3, -0.25) is 9.36 Å². The van der Waals surface area contributed by atoms with Crippen molar-refractivity contribution in [2.45, 2.75) is 30.5 Å². The van der Waals surface area contributed by atoms with Gasteiger partial charge in [0, 0.05) is 70.8 Å². The van der Waals surface area contributed by atoms with E-state index in [-0.39, 0.29) is 80.1 Å². The molecule has 0 radical (unpaired) electrons. The predicted octanol–water partition coefficient (Wildman–Crippen LogP) is 5.92. The van der Waals surface area contributed by atoms with E-state index >= 15 is 17.6 Å². The molecule has 2 aromatic carbocycles. The third-order valence-corrected chi connectivity index (χ3v) is 10.3. The number of thiophene rings is 1. The molecule has 6 rings (SSSR count). The van der Waals surface area contributed by atoms with Crippen LogP contribution < -0.4 is 16.3 Å². The average Bonchev–Trinajstić information content (AvgIpc) is 3.34. The summed E-state index contributed by atoms with van der Waals surface area (Å²) in [7, 11) is 0. The quantitative estimate of drug-likeness (QED) is 0.217. The SMILES string of the molecule is C=CC(=O)N1CCN(c2nc(=O)n3c4c(c(-c5c(F)cc(F)c6sc(N)c(C#N)c56)c(C(F)(F)F)cc24)SCC3CC)CC1. The second-order valence-corrected chi connectivity index (χ2v) is 12.5. The van der Waals surface area contributed by atoms with Crippen LogP contribution in [-0.4, -0.2) is 52.3 Å². The number of nitrogens with two attached hydrogens (primary N) is 1. The second-order valence-electron chi connectivity index (χ2n) is 10.4. The number of hydrogen-bond acceptors (Lipinski definition) is 8. The molecule has 0 spiro atoms. The molecular formula is C29H23F5N6O2S2. The highest BCUT2D eigenvalue weighted by Crippen LogP contribution is 2.53. The van der Waals surface area contributed by atoms with E-state index in [1.54, 1.807) is 11.0 Å². The molecule has 1 fully saturated rings. The van der Waals surface area contributed by atoms with Gasteiger partial charge in [-0.2, -0.15) is 23.4 Å². The van der Waals surface area contributed by atoms with Crippen LogP contribution in [0, 0.1) is 23.0 Å². The van der Waals surface area contributed by atoms with E-state index in [0.717, 1.165) is 17.8 Å². The molecule has 44 heavy (non-hydrogen) atoms. The summed E-state index contributed by atoms with van der Waals surface area (Å²) in [4.78, 5) is 33.1. The average molecular weight is 647 g/mol. The van der Waals surface area contributed by atoms with Gasteiger partial charge in [0.05, 0.1) is 21.3 Å². The molecule has 2 aliphatic rings. The van der Waals surface area contributed by atoms with E-state index in [1.165, 1.54) is 15.5 Å². The second kappa shape index (κ2) is 10.8. The standard InChI is InChI=1S/C29H23F5N6O2S2/c1-3-13-12-43-25-21(22-17(30)10-18(31)24-20(22)15(11-35)26(36)44-24)16(29(32,33)34)9-14-23(25)40(13)28(42)37-27(14)39-7-5-38(6-8-39)19(41)4-2/h4,9-10,13H,2-3,5-8,12,36H2,1H3. The lowest BCUT2D eigenvalue weighted by atomic mass is 9.92. The monoisotopic (exact) mass is 646 g/mol. The summed E-state index contributed by atoms with van der Waals surface area (Å²) in [6.45, 7) is 6.17. The number of fused-ring (bicyclic) bond motifs is 1. The number of thioether (sulfide) groups is 1. The van der Waals surface area contributed by atoms with Crippen LogP contribution in [0.4, 0.5) is 32.8 Å². The van der Waals surface area contributed by atoms with Crippen molar-refractivity contribution in [3.05, 3.63) is 58.0 Å². The van der Waals surface area contributed by atoms with Gasteiger partial charge in [-0.15, -0.1) is 23.1 Å². The molecular weight excluding hydrogens is 623 g/mol. The Morgan fingerprint density at radius 3 is 2.52 bits per heavy atom. The fourth-order valence-electron chi connectivity index (χ4n) is 5.95. The number of nitrogen functional groups attached to an aromatic ring is 1. The minimum atomic E-state index is -5.03. The summed E-state index contributed by atoms with van der Waals surface area (Å²) < 4.78 is 76.9. The summed E-state index contributed by atoms with van der Waals surface area (Å²) in [5, 5.41) is 9.34. The highest BCUT2D eigenvalue weighted by Gasteiger charge is 2.41. The van der Waals surface area contributed by atoms with Crippen LogP contribution in [0.5, 0.6) is 0 Å². The van der Waals surface area contributed by atoms with Gasteiger partial charge >= 0.3 is 11.9 Å². The van der Waals surface area contributed by atoms with Gasteiger partial charge in [-0.25, -0.2) is 13.6 Å². The van der Waals surface area contributed by atoms with Crippen LogP contribution in [-0.2, 0) is 11.0 Å². The maximum Gasteiger partial charge on any atom is 0.417 e. The molecule has 0 saturated carbocycles. The molecule has 4 heterocycles. The van der Waals surface area contributed by atoms with Crippen LogP contribution in [0.3, 0.4) is 0 Å². The molecule has 2 aliphatic heterocycles. The Kier molecular flexibility index (Phi) is 7.32. The molecule has 8 nitrogen and oxygen atoms in total. The summed E-state index contributed by atoms with van der Waals surface area (Å²) in [6.07, 6.45) is -3.39. The molecule has 2 N–H and O–H groups in total. The molecule has 15 heteroatoms. The maximum absolute atomic E-state index is 15.8. The van der Waals surface area contributed by atoms with Crippen LogP contribution in [0.1, 0.15) is 30.5 Å². The first-order valence-electron chi connectivity index (χ1n) is 13.5. The number of carbonyl (C=O) groups is 1. The van der Waals surface area contributed by atoms with Crippen LogP contribution in [0.2, 0.25) is 0 Å². The first-order valence-corrected chi connectivity index (χ1v) is 15.3. The molecule has 0 aliphatic carbocycles. The van der Waals surface area contributed by atoms with E-state index in [1.807, 2.05) is 6.92 Å². The van der Waals surface area contributed by atoms with Crippen molar-refractivity contribution in [2.75, 3.05) is 42.6 Å². The van der Waals surface area contributed by atoms with Gasteiger partial charge < -0.3 is 15.5 Å². The van der Waals surface area contributed by atoms with Gasteiger partial charge in [-0.1, -0.05) is 13.5 Å². The van der Waals surface area contributed by atoms with Crippen LogP contribution in [0.25, 0.3) is 32.1 Å². The first kappa shape index (κ1) is 29.9. The predicted molar refractivity (Wildman–Crippen MR) is 160 cm³/mol. The summed E-state index contributed by atoms with van der Waals surface area (Å²) in [5.41, 5.74) is 2.65. The summed E-state index contributed by atoms with van der Waals surface area (Å²) in [5.74, 6) is -2.43. The highest BCUT2D eigenvalue weighted by atomic mass is 32.2. The van der Waals surface area contributed by atoms with Crippen molar-refractivity contribution in [3.63, 3.8) is 0 Å². The number of piperazine rings is 1. The molecule has 1 amide bonds. The number of rotatable bonds is 4. The zero-order chi connectivity index (χ0) is 31.7. The van der Waals surface area contributed by atoms with Gasteiger partial charge in [0.2, 0.25) is 5.91 Å². The highest BCUT2D eigenvalue weighted by molar-refractivity contribution is 7.99. The Bertz CT molecular complexity index is 1990. The molecule has 1 unspecified atom stereocenters. The maximum atomic E-state index is 15.8. The van der Waals surface area contributed by atoms with Gasteiger partial charge in [0.15, 0.2) is 0 Å². The number of alkyl halides is 3. The molecule has 4 aromatic rings. The number of nitrogens with zero attached hydrogens (tertiary/aromatic N) is 5. The fraction of sp³-hybridized carbons (Fsp3) is 0.310. The van der Waals surface area contributed by atoms with E-state index in [4.69, 9.17) is 5.73 Å². The Morgan fingerprint density at radius 2 is 1.91 bits per heavy atom. The van der Waals surface area contributed by atoms with Crippen molar-refractivity contribution < 1.29 is 26.7 Å². The minimum Gasteiger partial charge on any atom is -0.389 e. The van der Waals surface area contributed by atoms with Gasteiger partial charge in [0.1, 0.15) is 28.5 Å². The van der Waals surface area contributed by atoms with Crippen LogP contribution in [0.15, 0.2) is 34.5 Å². The zero-order valence-electron chi connectivity index (χ0n) is 23.1. The minimum absolute atomic E-state index is 0.0184. The largest absolute Gasteiger partial charge is 0.417 e. The zero-order valence-corrected chi connectivity index (χ0v) is 24.7. The number of hydrogen-bond donors (Lipinski definition) is 1. The number of nitriles is 1. The number of anilines is 2. The molecule has 1 atom stereocenters. The smallest absolute Gasteiger partial charge is 0.389 e. The van der Waals surface area contributed by atoms with Crippen molar-refractivity contribution in [3.8, 4) is 17.2 Å². The lowest BCUT2D eigenvalue weighted by Gasteiger charge is -2.36. The normalized spacial score (nSPS) is 16.9. The Morgan fingerprint density at radius 1 is 1.20 bits per heavy atom. The number of halogens is 5. The van der Waals surface area contributed by atoms with Crippen LogP contribution >= 0.6 is 23.1 Å². The first-order chi connectivity index (χ1) is 20.9. The third kappa shape index (κ3) is 4.50. The third-order valence-electron chi connectivity index (χ3n) is 8.03. The number of benzene rings is 2. The summed E-state index contributed by atoms with van der Waals surface area (Å²) >= 11 is 1.68. The van der Waals surface area contributed by atoms with E-state index in [2.05, 4.69) is 11.6 Å². The number of aromatic nitrogens is 2. The molecule has 2 aromatic heterocycles. The lowest BCUT2D eigenvalue weighted by Crippen LogP contribution is -2.49. The summed E-state index contributed by atoms with van der Waals surface area (Å²) in [6, 6.07) is 2.72. The van der Waals surface area contributed by atoms with E-state index < -0.39 is 46.2 Å². The Balaban J connectivity index is 1.73. The molecule has 0 bridgehead atoms. The van der Waals surface area contributed by atoms with Gasteiger partial charge in [0.25, 0.3) is 0 Å². The number of carbonyl (C=O) groups excluding carboxylic acids is 1. The molecule has 1 saturated heterocycles. The van der Waals surface area contributed by atoms with Crippen molar-refractivity contribution in [1.29, 1.82) is 5.26 Å². The van der Waals surface area contributed by atoms with Crippen molar-refractivity contribution >= 4 is 60.8 Å². The lowest BCUT2D eigenvalue weighted by molar-refractivity contribution is -0.137. The van der Waals surface area contributed by atoms with E-state index in [9.17, 15) is 19.2 Å². The fourth-order valence-corrected chi connectivity index (χ4v) is 8.33. The van der Waals surface area contributed by atoms with Crippen molar-refractivity contribution in [2.24, 2.45) is 0 Å². The van der Waals surface area contributed by atoms with E-state index in [0.29, 0.717) is 23.8 Å². The number of amides is 1. The Labute approximate surface area is 255 Å². The van der Waals surface area contributed by atoms with Crippen molar-refractivity contribution in [1.82, 2.24) is 14.5 Å². The Hall–Kier alpha value is -4.16.